The number of methoxy groups -OCH3 is 2. The van der Waals surface area contributed by atoms with Gasteiger partial charge in [-0.2, -0.15) is 0 Å². The zero-order valence-electron chi connectivity index (χ0n) is 11.5. The van der Waals surface area contributed by atoms with Gasteiger partial charge in [-0.15, -0.1) is 0 Å². The van der Waals surface area contributed by atoms with E-state index in [1.807, 2.05) is 0 Å². The topological polar surface area (TPSA) is 44.5 Å². The summed E-state index contributed by atoms with van der Waals surface area (Å²) in [7, 11) is 3.06. The quantitative estimate of drug-likeness (QED) is 0.871. The third-order valence-corrected chi connectivity index (χ3v) is 3.97. The van der Waals surface area contributed by atoms with E-state index in [4.69, 9.17) is 50.0 Å². The number of nitrogens with two attached hydrogens (primary N) is 1. The molecule has 0 bridgehead atoms. The molecule has 0 amide bonds. The van der Waals surface area contributed by atoms with E-state index >= 15 is 0 Å². The van der Waals surface area contributed by atoms with Crippen molar-refractivity contribution in [1.29, 1.82) is 0 Å². The van der Waals surface area contributed by atoms with Gasteiger partial charge >= 0.3 is 0 Å². The average Bonchev–Trinajstić information content (AvgIpc) is 2.48. The van der Waals surface area contributed by atoms with Gasteiger partial charge in [0.15, 0.2) is 11.5 Å². The molecule has 0 aliphatic carbocycles. The Labute approximate surface area is 138 Å². The molecule has 0 spiro atoms. The third-order valence-electron chi connectivity index (χ3n) is 3.11. The number of ether oxygens (including phenoxy) is 2. The second-order valence-corrected chi connectivity index (χ2v) is 5.63. The van der Waals surface area contributed by atoms with Crippen molar-refractivity contribution in [2.45, 2.75) is 6.04 Å². The monoisotopic (exact) mass is 345 g/mol. The molecule has 2 rings (SSSR count). The van der Waals surface area contributed by atoms with Crippen LogP contribution in [-0.4, -0.2) is 14.2 Å². The summed E-state index contributed by atoms with van der Waals surface area (Å²) in [5, 5.41) is 1.52. The second-order valence-electron chi connectivity index (χ2n) is 4.38. The number of halogens is 3. The van der Waals surface area contributed by atoms with Crippen molar-refractivity contribution >= 4 is 34.8 Å². The smallest absolute Gasteiger partial charge is 0.179 e. The van der Waals surface area contributed by atoms with Gasteiger partial charge in [0, 0.05) is 10.0 Å². The molecular weight excluding hydrogens is 333 g/mol. The highest BCUT2D eigenvalue weighted by molar-refractivity contribution is 6.33. The maximum Gasteiger partial charge on any atom is 0.179 e. The molecule has 112 valence electrons. The van der Waals surface area contributed by atoms with Crippen molar-refractivity contribution in [1.82, 2.24) is 0 Å². The normalized spacial score (nSPS) is 12.1. The summed E-state index contributed by atoms with van der Waals surface area (Å²) in [4.78, 5) is 0. The highest BCUT2D eigenvalue weighted by atomic mass is 35.5. The zero-order chi connectivity index (χ0) is 15.6. The first kappa shape index (κ1) is 16.2. The molecule has 0 fully saturated rings. The summed E-state index contributed by atoms with van der Waals surface area (Å²) in [6.45, 7) is 0. The lowest BCUT2D eigenvalue weighted by atomic mass is 9.99. The van der Waals surface area contributed by atoms with Gasteiger partial charge in [0.05, 0.1) is 25.3 Å². The molecular formula is C15H14Cl3NO2. The lowest BCUT2D eigenvalue weighted by Gasteiger charge is -2.18. The van der Waals surface area contributed by atoms with E-state index in [1.54, 1.807) is 30.3 Å². The molecule has 0 aliphatic heterocycles. The van der Waals surface area contributed by atoms with Crippen LogP contribution in [0.25, 0.3) is 0 Å². The van der Waals surface area contributed by atoms with Gasteiger partial charge in [0.25, 0.3) is 0 Å². The van der Waals surface area contributed by atoms with E-state index < -0.39 is 6.04 Å². The van der Waals surface area contributed by atoms with E-state index in [-0.39, 0.29) is 0 Å². The number of rotatable bonds is 4. The molecule has 2 aromatic carbocycles. The first-order valence-electron chi connectivity index (χ1n) is 6.10. The van der Waals surface area contributed by atoms with Crippen LogP contribution < -0.4 is 15.2 Å². The molecule has 21 heavy (non-hydrogen) atoms. The zero-order valence-corrected chi connectivity index (χ0v) is 13.8. The molecule has 0 saturated heterocycles. The van der Waals surface area contributed by atoms with Gasteiger partial charge in [0.1, 0.15) is 0 Å². The maximum absolute atomic E-state index is 6.27. The first-order valence-corrected chi connectivity index (χ1v) is 7.23. The van der Waals surface area contributed by atoms with Crippen LogP contribution >= 0.6 is 34.8 Å². The maximum atomic E-state index is 6.27. The molecule has 0 saturated carbocycles. The van der Waals surface area contributed by atoms with Crippen LogP contribution in [0.5, 0.6) is 11.5 Å². The SMILES string of the molecule is COc1cc(C(N)c2cc(Cl)ccc2Cl)cc(Cl)c1OC. The third kappa shape index (κ3) is 3.38. The molecule has 0 aliphatic rings. The van der Waals surface area contributed by atoms with Gasteiger partial charge < -0.3 is 15.2 Å². The van der Waals surface area contributed by atoms with E-state index in [0.717, 1.165) is 5.56 Å². The minimum atomic E-state index is -0.478. The van der Waals surface area contributed by atoms with Gasteiger partial charge in [-0.05, 0) is 41.5 Å². The Morgan fingerprint density at radius 3 is 2.29 bits per heavy atom. The lowest BCUT2D eigenvalue weighted by Crippen LogP contribution is -2.13. The molecule has 1 unspecified atom stereocenters. The highest BCUT2D eigenvalue weighted by Crippen LogP contribution is 2.39. The Kier molecular flexibility index (Phi) is 5.22. The Hall–Kier alpha value is -1.13. The van der Waals surface area contributed by atoms with Crippen molar-refractivity contribution in [3.05, 3.63) is 56.5 Å². The lowest BCUT2D eigenvalue weighted by molar-refractivity contribution is 0.354. The molecule has 0 aromatic heterocycles. The van der Waals surface area contributed by atoms with E-state index in [0.29, 0.717) is 32.1 Å². The fourth-order valence-electron chi connectivity index (χ4n) is 2.05. The summed E-state index contributed by atoms with van der Waals surface area (Å²) in [6.07, 6.45) is 0. The molecule has 6 heteroatoms. The first-order chi connectivity index (χ1) is 9.97. The molecule has 1 atom stereocenters. The molecule has 0 heterocycles. The minimum absolute atomic E-state index is 0.417. The fraction of sp³-hybridized carbons (Fsp3) is 0.200. The van der Waals surface area contributed by atoms with Crippen LogP contribution in [0.15, 0.2) is 30.3 Å². The van der Waals surface area contributed by atoms with E-state index in [1.165, 1.54) is 14.2 Å². The number of benzene rings is 2. The Balaban J connectivity index is 2.50. The summed E-state index contributed by atoms with van der Waals surface area (Å²) >= 11 is 18.4. The van der Waals surface area contributed by atoms with Crippen LogP contribution in [0.1, 0.15) is 17.2 Å². The standard InChI is InChI=1S/C15H14Cl3NO2/c1-20-13-6-8(5-12(18)15(13)21-2)14(19)10-7-9(16)3-4-11(10)17/h3-7,14H,19H2,1-2H3. The fourth-order valence-corrected chi connectivity index (χ4v) is 2.76. The van der Waals surface area contributed by atoms with Gasteiger partial charge in [0.2, 0.25) is 0 Å². The number of hydrogen-bond acceptors (Lipinski definition) is 3. The summed E-state index contributed by atoms with van der Waals surface area (Å²) in [6, 6.07) is 8.17. The Morgan fingerprint density at radius 2 is 1.67 bits per heavy atom. The molecule has 2 N–H and O–H groups in total. The predicted octanol–water partition coefficient (Wildman–Crippen LogP) is 4.71. The van der Waals surface area contributed by atoms with Crippen LogP contribution in [0.4, 0.5) is 0 Å². The van der Waals surface area contributed by atoms with Crippen molar-refractivity contribution in [3.8, 4) is 11.5 Å². The van der Waals surface area contributed by atoms with Crippen LogP contribution in [-0.2, 0) is 0 Å². The van der Waals surface area contributed by atoms with Crippen LogP contribution in [0.2, 0.25) is 15.1 Å². The molecule has 2 aromatic rings. The Bertz CT molecular complexity index is 662. The summed E-state index contributed by atoms with van der Waals surface area (Å²) < 4.78 is 10.5. The van der Waals surface area contributed by atoms with Crippen molar-refractivity contribution in [2.24, 2.45) is 5.73 Å². The molecule has 3 nitrogen and oxygen atoms in total. The minimum Gasteiger partial charge on any atom is -0.493 e. The van der Waals surface area contributed by atoms with E-state index in [9.17, 15) is 0 Å². The number of hydrogen-bond donors (Lipinski definition) is 1. The van der Waals surface area contributed by atoms with E-state index in [2.05, 4.69) is 0 Å². The van der Waals surface area contributed by atoms with Crippen molar-refractivity contribution in [3.63, 3.8) is 0 Å². The van der Waals surface area contributed by atoms with Crippen molar-refractivity contribution in [2.75, 3.05) is 14.2 Å². The van der Waals surface area contributed by atoms with Crippen LogP contribution in [0.3, 0.4) is 0 Å². The van der Waals surface area contributed by atoms with Gasteiger partial charge in [-0.3, -0.25) is 0 Å². The Morgan fingerprint density at radius 1 is 0.952 bits per heavy atom. The average molecular weight is 347 g/mol. The second kappa shape index (κ2) is 6.75. The largest absolute Gasteiger partial charge is 0.493 e. The van der Waals surface area contributed by atoms with Gasteiger partial charge in [-0.25, -0.2) is 0 Å². The highest BCUT2D eigenvalue weighted by Gasteiger charge is 2.18. The summed E-state index contributed by atoms with van der Waals surface area (Å²) in [5.74, 6) is 0.973. The predicted molar refractivity (Wildman–Crippen MR) is 87.0 cm³/mol. The van der Waals surface area contributed by atoms with Crippen LogP contribution in [0, 0.1) is 0 Å². The summed E-state index contributed by atoms with van der Waals surface area (Å²) in [5.41, 5.74) is 7.74. The molecule has 0 radical (unpaired) electrons. The van der Waals surface area contributed by atoms with Gasteiger partial charge in [-0.1, -0.05) is 34.8 Å². The van der Waals surface area contributed by atoms with Crippen molar-refractivity contribution < 1.29 is 9.47 Å².